The Hall–Kier alpha value is -1.85. The third-order valence-electron chi connectivity index (χ3n) is 2.92. The van der Waals surface area contributed by atoms with E-state index in [9.17, 15) is 9.00 Å². The van der Waals surface area contributed by atoms with Crippen LogP contribution in [0.1, 0.15) is 5.56 Å². The van der Waals surface area contributed by atoms with E-state index in [2.05, 4.69) is 5.32 Å². The number of carbonyl (C=O) groups is 1. The van der Waals surface area contributed by atoms with Gasteiger partial charge in [-0.2, -0.15) is 0 Å². The molecule has 0 bridgehead atoms. The van der Waals surface area contributed by atoms with Crippen molar-refractivity contribution in [1.82, 2.24) is 0 Å². The predicted molar refractivity (Wildman–Crippen MR) is 86.9 cm³/mol. The molecule has 1 atom stereocenters. The zero-order valence-corrected chi connectivity index (χ0v) is 13.0. The molecule has 0 aromatic heterocycles. The number of nitrogens with one attached hydrogen (secondary N) is 1. The average Bonchev–Trinajstić information content (AvgIpc) is 2.44. The molecule has 0 fully saturated rings. The van der Waals surface area contributed by atoms with Crippen molar-refractivity contribution in [1.29, 1.82) is 0 Å². The van der Waals surface area contributed by atoms with Gasteiger partial charge in [0, 0.05) is 10.7 Å². The third-order valence-corrected chi connectivity index (χ3v) is 4.54. The summed E-state index contributed by atoms with van der Waals surface area (Å²) in [6.45, 7) is 1.84. The number of hydrogen-bond acceptors (Lipinski definition) is 3. The van der Waals surface area contributed by atoms with Crippen LogP contribution in [0.2, 0.25) is 5.02 Å². The molecule has 3 N–H and O–H groups in total. The van der Waals surface area contributed by atoms with Crippen molar-refractivity contribution in [2.45, 2.75) is 11.8 Å². The maximum atomic E-state index is 12.2. The van der Waals surface area contributed by atoms with Crippen LogP contribution in [0, 0.1) is 6.92 Å². The molecule has 21 heavy (non-hydrogen) atoms. The van der Waals surface area contributed by atoms with Crippen molar-refractivity contribution in [2.24, 2.45) is 0 Å². The lowest BCUT2D eigenvalue weighted by atomic mass is 10.2. The van der Waals surface area contributed by atoms with Gasteiger partial charge in [-0.15, -0.1) is 0 Å². The van der Waals surface area contributed by atoms with Crippen LogP contribution in [0.25, 0.3) is 0 Å². The Bertz CT molecular complexity index is 687. The molecule has 0 heterocycles. The number of benzene rings is 2. The molecule has 0 aliphatic heterocycles. The SMILES string of the molecule is Cc1cccc(S(=O)CC(=O)Nc2ccc(Cl)cc2)c1N. The number of hydrogen-bond donors (Lipinski definition) is 2. The second-order valence-corrected chi connectivity index (χ2v) is 6.39. The van der Waals surface area contributed by atoms with E-state index in [-0.39, 0.29) is 11.7 Å². The lowest BCUT2D eigenvalue weighted by Gasteiger charge is -2.09. The Morgan fingerprint density at radius 2 is 1.90 bits per heavy atom. The molecule has 0 radical (unpaired) electrons. The van der Waals surface area contributed by atoms with Crippen LogP contribution in [0.4, 0.5) is 11.4 Å². The quantitative estimate of drug-likeness (QED) is 0.850. The first-order valence-electron chi connectivity index (χ1n) is 6.26. The number of halogens is 1. The van der Waals surface area contributed by atoms with Gasteiger partial charge >= 0.3 is 0 Å². The van der Waals surface area contributed by atoms with Crippen molar-refractivity contribution in [3.05, 3.63) is 53.1 Å². The van der Waals surface area contributed by atoms with E-state index >= 15 is 0 Å². The van der Waals surface area contributed by atoms with Crippen molar-refractivity contribution >= 4 is 39.7 Å². The van der Waals surface area contributed by atoms with Gasteiger partial charge in [-0.1, -0.05) is 23.7 Å². The fourth-order valence-corrected chi connectivity index (χ4v) is 3.01. The molecule has 2 rings (SSSR count). The number of para-hydroxylation sites is 1. The van der Waals surface area contributed by atoms with E-state index in [0.29, 0.717) is 21.3 Å². The Balaban J connectivity index is 2.04. The van der Waals surface area contributed by atoms with Gasteiger partial charge in [-0.05, 0) is 42.8 Å². The first kappa shape index (κ1) is 15.5. The highest BCUT2D eigenvalue weighted by molar-refractivity contribution is 7.86. The van der Waals surface area contributed by atoms with E-state index < -0.39 is 10.8 Å². The standard InChI is InChI=1S/C15H15ClN2O2S/c1-10-3-2-4-13(15(10)17)21(20)9-14(19)18-12-7-5-11(16)6-8-12/h2-8H,9,17H2,1H3,(H,18,19). The van der Waals surface area contributed by atoms with Gasteiger partial charge in [-0.3, -0.25) is 9.00 Å². The summed E-state index contributed by atoms with van der Waals surface area (Å²) in [5.41, 5.74) is 7.81. The largest absolute Gasteiger partial charge is 0.398 e. The summed E-state index contributed by atoms with van der Waals surface area (Å²) in [4.78, 5) is 12.4. The molecule has 2 aromatic rings. The Morgan fingerprint density at radius 1 is 1.24 bits per heavy atom. The fourth-order valence-electron chi connectivity index (χ4n) is 1.78. The number of carbonyl (C=O) groups excluding carboxylic acids is 1. The van der Waals surface area contributed by atoms with Crippen LogP contribution >= 0.6 is 11.6 Å². The number of nitrogen functional groups attached to an aromatic ring is 1. The van der Waals surface area contributed by atoms with Crippen LogP contribution < -0.4 is 11.1 Å². The first-order chi connectivity index (χ1) is 9.97. The van der Waals surface area contributed by atoms with Gasteiger partial charge in [0.05, 0.1) is 21.4 Å². The molecule has 0 saturated carbocycles. The summed E-state index contributed by atoms with van der Waals surface area (Å²) in [7, 11) is -1.48. The second-order valence-electron chi connectivity index (χ2n) is 4.53. The lowest BCUT2D eigenvalue weighted by molar-refractivity contribution is -0.113. The van der Waals surface area contributed by atoms with Gasteiger partial charge in [0.25, 0.3) is 0 Å². The summed E-state index contributed by atoms with van der Waals surface area (Å²) in [5, 5.41) is 3.26. The molecule has 0 aliphatic rings. The van der Waals surface area contributed by atoms with Gasteiger partial charge in [-0.25, -0.2) is 0 Å². The number of nitrogens with two attached hydrogens (primary N) is 1. The monoisotopic (exact) mass is 322 g/mol. The lowest BCUT2D eigenvalue weighted by Crippen LogP contribution is -2.20. The highest BCUT2D eigenvalue weighted by Gasteiger charge is 2.14. The van der Waals surface area contributed by atoms with E-state index in [0.717, 1.165) is 5.56 Å². The highest BCUT2D eigenvalue weighted by atomic mass is 35.5. The number of anilines is 2. The summed E-state index contributed by atoms with van der Waals surface area (Å²) < 4.78 is 12.2. The van der Waals surface area contributed by atoms with Crippen LogP contribution in [0.3, 0.4) is 0 Å². The van der Waals surface area contributed by atoms with E-state index in [4.69, 9.17) is 17.3 Å². The van der Waals surface area contributed by atoms with Crippen LogP contribution in [-0.4, -0.2) is 15.9 Å². The second kappa shape index (κ2) is 6.74. The van der Waals surface area contributed by atoms with Gasteiger partial charge in [0.15, 0.2) is 0 Å². The summed E-state index contributed by atoms with van der Waals surface area (Å²) >= 11 is 5.77. The summed E-state index contributed by atoms with van der Waals surface area (Å²) in [5.74, 6) is -0.479. The molecule has 110 valence electrons. The molecule has 2 aromatic carbocycles. The molecular formula is C15H15ClN2O2S. The van der Waals surface area contributed by atoms with Crippen molar-refractivity contribution in [2.75, 3.05) is 16.8 Å². The van der Waals surface area contributed by atoms with Crippen molar-refractivity contribution < 1.29 is 9.00 Å². The zero-order valence-electron chi connectivity index (χ0n) is 11.4. The first-order valence-corrected chi connectivity index (χ1v) is 7.96. The summed E-state index contributed by atoms with van der Waals surface area (Å²) in [6, 6.07) is 12.0. The molecule has 1 amide bonds. The topological polar surface area (TPSA) is 72.2 Å². The minimum atomic E-state index is -1.48. The fraction of sp³-hybridized carbons (Fsp3) is 0.133. The number of rotatable bonds is 4. The van der Waals surface area contributed by atoms with E-state index in [1.807, 2.05) is 13.0 Å². The zero-order chi connectivity index (χ0) is 15.4. The predicted octanol–water partition coefficient (Wildman–Crippen LogP) is 2.98. The van der Waals surface area contributed by atoms with Crippen LogP contribution in [-0.2, 0) is 15.6 Å². The molecule has 6 heteroatoms. The maximum absolute atomic E-state index is 12.2. The minimum Gasteiger partial charge on any atom is -0.398 e. The summed E-state index contributed by atoms with van der Waals surface area (Å²) in [6.07, 6.45) is 0. The Labute approximate surface area is 130 Å². The molecule has 4 nitrogen and oxygen atoms in total. The Kier molecular flexibility index (Phi) is 4.98. The van der Waals surface area contributed by atoms with Crippen molar-refractivity contribution in [3.8, 4) is 0 Å². The molecule has 0 saturated heterocycles. The molecule has 1 unspecified atom stereocenters. The number of amides is 1. The molecule has 0 aliphatic carbocycles. The average molecular weight is 323 g/mol. The van der Waals surface area contributed by atoms with E-state index in [1.54, 1.807) is 36.4 Å². The molecule has 0 spiro atoms. The van der Waals surface area contributed by atoms with Gasteiger partial charge in [0.1, 0.15) is 5.75 Å². The van der Waals surface area contributed by atoms with Gasteiger partial charge < -0.3 is 11.1 Å². The van der Waals surface area contributed by atoms with Crippen LogP contribution in [0.15, 0.2) is 47.4 Å². The van der Waals surface area contributed by atoms with Crippen LogP contribution in [0.5, 0.6) is 0 Å². The maximum Gasteiger partial charge on any atom is 0.237 e. The normalized spacial score (nSPS) is 11.9. The molecular weight excluding hydrogens is 308 g/mol. The number of aryl methyl sites for hydroxylation is 1. The smallest absolute Gasteiger partial charge is 0.237 e. The van der Waals surface area contributed by atoms with E-state index in [1.165, 1.54) is 0 Å². The minimum absolute atomic E-state index is 0.143. The third kappa shape index (κ3) is 4.06. The Morgan fingerprint density at radius 3 is 2.57 bits per heavy atom. The van der Waals surface area contributed by atoms with Gasteiger partial charge in [0.2, 0.25) is 5.91 Å². The highest BCUT2D eigenvalue weighted by Crippen LogP contribution is 2.20. The van der Waals surface area contributed by atoms with Crippen molar-refractivity contribution in [3.63, 3.8) is 0 Å².